The maximum absolute atomic E-state index is 13.0. The molecule has 3 heterocycles. The van der Waals surface area contributed by atoms with E-state index in [1.165, 1.54) is 12.1 Å². The van der Waals surface area contributed by atoms with Crippen LogP contribution < -0.4 is 10.2 Å². The highest BCUT2D eigenvalue weighted by atomic mass is 32.2. The van der Waals surface area contributed by atoms with Crippen LogP contribution in [-0.2, 0) is 55.1 Å². The van der Waals surface area contributed by atoms with Crippen LogP contribution in [0.2, 0.25) is 0 Å². The fourth-order valence-corrected chi connectivity index (χ4v) is 13.7. The van der Waals surface area contributed by atoms with E-state index in [-0.39, 0.29) is 47.8 Å². The van der Waals surface area contributed by atoms with Gasteiger partial charge in [0.15, 0.2) is 5.71 Å². The van der Waals surface area contributed by atoms with E-state index in [0.717, 1.165) is 84.9 Å². The molecule has 5 aromatic rings. The number of nitrogens with zero attached hydrogens (tertiary/aromatic N) is 3. The highest BCUT2D eigenvalue weighted by Crippen LogP contribution is 2.52. The topological polar surface area (TPSA) is 208 Å². The summed E-state index contributed by atoms with van der Waals surface area (Å²) in [5, 5.41) is 5.80. The molecule has 0 bridgehead atoms. The molecule has 3 N–H and O–H groups in total. The SMILES string of the molecule is CCN1/C(=C/C=C2\CCCC(/C=C/C3=[N+](CC)c4ccc5c(S(=O)(=O)O)cccc5c4C3(C)C)=C2Sc2ccc(NC(=O)CCCC(=O)ON3C(=O)CCC3=O)cc2)C(C)(C)c2c1ccc1c(S(=O)(=O)O)cccc21. The zero-order valence-electron chi connectivity index (χ0n) is 42.6. The molecular formula is C57H59N4O11S3+. The number of fused-ring (bicyclic) bond motifs is 6. The monoisotopic (exact) mass is 1070 g/mol. The first-order valence-corrected chi connectivity index (χ1v) is 28.7. The van der Waals surface area contributed by atoms with Crippen molar-refractivity contribution in [3.8, 4) is 0 Å². The van der Waals surface area contributed by atoms with E-state index in [9.17, 15) is 45.1 Å². The van der Waals surface area contributed by atoms with Gasteiger partial charge in [-0.25, -0.2) is 4.79 Å². The molecule has 3 amide bonds. The van der Waals surface area contributed by atoms with Gasteiger partial charge in [0.2, 0.25) is 11.6 Å². The Morgan fingerprint density at radius 2 is 1.36 bits per heavy atom. The van der Waals surface area contributed by atoms with Crippen molar-refractivity contribution >= 4 is 100 Å². The third-order valence-electron chi connectivity index (χ3n) is 14.6. The summed E-state index contributed by atoms with van der Waals surface area (Å²) in [4.78, 5) is 57.8. The molecule has 0 aromatic heterocycles. The van der Waals surface area contributed by atoms with Gasteiger partial charge in [-0.15, -0.1) is 5.06 Å². The minimum absolute atomic E-state index is 0.00669. The van der Waals surface area contributed by atoms with E-state index >= 15 is 0 Å². The second-order valence-electron chi connectivity index (χ2n) is 20.1. The normalized spacial score (nSPS) is 18.6. The number of allylic oxidation sites excluding steroid dienone is 7. The van der Waals surface area contributed by atoms with Gasteiger partial charge in [0.1, 0.15) is 16.3 Å². The van der Waals surface area contributed by atoms with Crippen molar-refractivity contribution in [1.82, 2.24) is 5.06 Å². The van der Waals surface area contributed by atoms with Gasteiger partial charge in [-0.05, 0) is 135 Å². The fourth-order valence-electron chi connectivity index (χ4n) is 11.2. The van der Waals surface area contributed by atoms with E-state index in [4.69, 9.17) is 4.84 Å². The first-order valence-electron chi connectivity index (χ1n) is 25.0. The van der Waals surface area contributed by atoms with Crippen molar-refractivity contribution in [2.24, 2.45) is 0 Å². The number of carbonyl (C=O) groups excluding carboxylic acids is 4. The molecule has 5 aromatic carbocycles. The molecular weight excluding hydrogens is 1010 g/mol. The van der Waals surface area contributed by atoms with Crippen LogP contribution in [0.1, 0.15) is 104 Å². The first-order chi connectivity index (χ1) is 35.5. The minimum atomic E-state index is -4.48. The summed E-state index contributed by atoms with van der Waals surface area (Å²) in [7, 11) is -8.96. The third kappa shape index (κ3) is 10.1. The molecule has 390 valence electrons. The number of rotatable bonds is 15. The van der Waals surface area contributed by atoms with Crippen LogP contribution in [0.5, 0.6) is 0 Å². The Morgan fingerprint density at radius 1 is 0.733 bits per heavy atom. The highest BCUT2D eigenvalue weighted by molar-refractivity contribution is 8.03. The van der Waals surface area contributed by atoms with Crippen LogP contribution >= 0.6 is 11.8 Å². The second kappa shape index (κ2) is 20.4. The molecule has 1 saturated heterocycles. The van der Waals surface area contributed by atoms with E-state index in [1.807, 2.05) is 48.5 Å². The summed E-state index contributed by atoms with van der Waals surface area (Å²) in [6.07, 6.45) is 11.2. The maximum atomic E-state index is 13.0. The lowest BCUT2D eigenvalue weighted by molar-refractivity contribution is -0.433. The van der Waals surface area contributed by atoms with Crippen LogP contribution in [0.4, 0.5) is 17.1 Å². The summed E-state index contributed by atoms with van der Waals surface area (Å²) in [6, 6.07) is 24.9. The van der Waals surface area contributed by atoms with Crippen LogP contribution in [0.3, 0.4) is 0 Å². The van der Waals surface area contributed by atoms with Gasteiger partial charge < -0.3 is 15.1 Å². The predicted molar refractivity (Wildman–Crippen MR) is 290 cm³/mol. The van der Waals surface area contributed by atoms with Crippen molar-refractivity contribution < 1.29 is 54.5 Å². The largest absolute Gasteiger partial charge is 0.344 e. The summed E-state index contributed by atoms with van der Waals surface area (Å²) < 4.78 is 72.5. The lowest BCUT2D eigenvalue weighted by Crippen LogP contribution is -2.32. The molecule has 3 aliphatic heterocycles. The maximum Gasteiger partial charge on any atom is 0.333 e. The second-order valence-corrected chi connectivity index (χ2v) is 23.9. The third-order valence-corrected chi connectivity index (χ3v) is 17.6. The Kier molecular flexibility index (Phi) is 14.5. The van der Waals surface area contributed by atoms with Crippen LogP contribution in [0.15, 0.2) is 146 Å². The number of imide groups is 1. The molecule has 0 unspecified atom stereocenters. The van der Waals surface area contributed by atoms with Crippen molar-refractivity contribution in [2.75, 3.05) is 23.3 Å². The number of hydrogen-bond acceptors (Lipinski definition) is 11. The molecule has 0 radical (unpaired) electrons. The van der Waals surface area contributed by atoms with E-state index in [2.05, 4.69) is 80.6 Å². The number of anilines is 2. The molecule has 1 fully saturated rings. The molecule has 0 spiro atoms. The molecule has 0 saturated carbocycles. The number of nitrogens with one attached hydrogen (secondary N) is 1. The number of hydroxylamine groups is 2. The van der Waals surface area contributed by atoms with Gasteiger partial charge in [-0.1, -0.05) is 68.1 Å². The van der Waals surface area contributed by atoms with Gasteiger partial charge in [0.05, 0.1) is 5.41 Å². The van der Waals surface area contributed by atoms with Gasteiger partial charge >= 0.3 is 5.97 Å². The lowest BCUT2D eigenvalue weighted by Gasteiger charge is -2.27. The minimum Gasteiger partial charge on any atom is -0.344 e. The Balaban J connectivity index is 1.05. The highest BCUT2D eigenvalue weighted by Gasteiger charge is 2.46. The number of benzene rings is 5. The van der Waals surface area contributed by atoms with Crippen molar-refractivity contribution in [1.29, 1.82) is 0 Å². The molecule has 15 nitrogen and oxygen atoms in total. The fraction of sp³-hybridized carbons (Fsp3) is 0.316. The zero-order chi connectivity index (χ0) is 53.8. The van der Waals surface area contributed by atoms with E-state index in [0.29, 0.717) is 34.6 Å². The summed E-state index contributed by atoms with van der Waals surface area (Å²) in [6.45, 7) is 14.0. The molecule has 18 heteroatoms. The Hall–Kier alpha value is -6.70. The predicted octanol–water partition coefficient (Wildman–Crippen LogP) is 11.0. The van der Waals surface area contributed by atoms with Crippen molar-refractivity contribution in [2.45, 2.75) is 118 Å². The lowest BCUT2D eigenvalue weighted by atomic mass is 9.78. The molecule has 9 rings (SSSR count). The van der Waals surface area contributed by atoms with E-state index in [1.54, 1.807) is 36.0 Å². The Morgan fingerprint density at radius 3 is 1.97 bits per heavy atom. The smallest absolute Gasteiger partial charge is 0.333 e. The van der Waals surface area contributed by atoms with Gasteiger partial charge in [-0.2, -0.15) is 21.4 Å². The summed E-state index contributed by atoms with van der Waals surface area (Å²) in [5.41, 5.74) is 7.58. The van der Waals surface area contributed by atoms with Gasteiger partial charge in [0.25, 0.3) is 32.1 Å². The van der Waals surface area contributed by atoms with Crippen LogP contribution in [-0.4, -0.2) is 78.1 Å². The number of amides is 3. The van der Waals surface area contributed by atoms with Gasteiger partial charge in [0, 0.05) is 93.0 Å². The van der Waals surface area contributed by atoms with Crippen LogP contribution in [0, 0.1) is 0 Å². The first kappa shape index (κ1) is 53.1. The van der Waals surface area contributed by atoms with Crippen molar-refractivity contribution in [3.05, 3.63) is 142 Å². The summed E-state index contributed by atoms with van der Waals surface area (Å²) in [5.74, 6) is -2.21. The number of hydrogen-bond donors (Lipinski definition) is 3. The van der Waals surface area contributed by atoms with Crippen molar-refractivity contribution in [3.63, 3.8) is 0 Å². The average Bonchev–Trinajstić information content (AvgIpc) is 3.89. The average molecular weight is 1070 g/mol. The number of carbonyl (C=O) groups is 4. The molecule has 4 aliphatic rings. The standard InChI is InChI=1S/C57H58N4O11S3/c1-7-59-43-29-27-39-41(15-10-17-45(39)74(66,67)68)53(43)56(3,4)47(59)31-21-35-13-9-14-36(22-32-48-57(5,6)54-42-16-11-18-46(75(69,70)71)40(42)28-30-44(54)60(48)8-2)55(35)73-38-25-23-37(24-26-38)58-49(62)19-12-20-52(65)72-61-50(63)33-34-51(61)64/h10-11,15-18,21-32H,7-9,12-14,19-20,33-34H2,1-6H3,(H2-,58,62,66,67,68,69,70,71)/p+1. The zero-order valence-corrected chi connectivity index (χ0v) is 45.0. The number of likely N-dealkylation sites (N-methyl/N-ethyl adjacent to an activating group) is 1. The number of thioether (sulfide) groups is 1. The molecule has 1 aliphatic carbocycles. The quantitative estimate of drug-likeness (QED) is 0.0507. The summed E-state index contributed by atoms with van der Waals surface area (Å²) >= 11 is 1.62. The van der Waals surface area contributed by atoms with Gasteiger partial charge in [-0.3, -0.25) is 23.5 Å². The molecule has 75 heavy (non-hydrogen) atoms. The molecule has 0 atom stereocenters. The Bertz CT molecular complexity index is 3630. The van der Waals surface area contributed by atoms with E-state index < -0.39 is 48.8 Å². The van der Waals surface area contributed by atoms with Crippen LogP contribution in [0.25, 0.3) is 21.5 Å². The Labute approximate surface area is 441 Å².